The molecule has 1 N–H and O–H groups in total. The molecule has 0 saturated heterocycles. The molecule has 2 aromatic rings. The molecule has 17 heavy (non-hydrogen) atoms. The van der Waals surface area contributed by atoms with Gasteiger partial charge in [0.2, 0.25) is 0 Å². The van der Waals surface area contributed by atoms with Crippen molar-refractivity contribution in [3.05, 3.63) is 38.7 Å². The van der Waals surface area contributed by atoms with E-state index in [-0.39, 0.29) is 11.0 Å². The largest absolute Gasteiger partial charge is 0.354 e. The molecular weight excluding hydrogens is 258 g/mol. The average molecular weight is 269 g/mol. The summed E-state index contributed by atoms with van der Waals surface area (Å²) in [6.45, 7) is 2.07. The van der Waals surface area contributed by atoms with Crippen molar-refractivity contribution in [2.75, 3.05) is 5.32 Å². The third kappa shape index (κ3) is 2.80. The Morgan fingerprint density at radius 1 is 1.65 bits per heavy atom. The van der Waals surface area contributed by atoms with E-state index in [0.29, 0.717) is 5.13 Å². The molecule has 7 heteroatoms. The number of rotatable bonds is 5. The second kappa shape index (κ2) is 5.24. The maximum absolute atomic E-state index is 10.5. The zero-order valence-corrected chi connectivity index (χ0v) is 10.8. The van der Waals surface area contributed by atoms with Gasteiger partial charge >= 0.3 is 5.00 Å². The molecule has 0 fully saturated rings. The first kappa shape index (κ1) is 12.0. The Labute approximate surface area is 106 Å². The van der Waals surface area contributed by atoms with Crippen LogP contribution in [0.2, 0.25) is 0 Å². The van der Waals surface area contributed by atoms with Crippen molar-refractivity contribution in [2.45, 2.75) is 19.4 Å². The van der Waals surface area contributed by atoms with Crippen LogP contribution in [0.5, 0.6) is 0 Å². The minimum absolute atomic E-state index is 0.0635. The number of aromatic nitrogens is 1. The van der Waals surface area contributed by atoms with Crippen LogP contribution >= 0.6 is 22.7 Å². The third-order valence-electron chi connectivity index (χ3n) is 2.27. The molecule has 2 rings (SSSR count). The molecule has 5 nitrogen and oxygen atoms in total. The Hall–Kier alpha value is -1.47. The molecule has 2 heterocycles. The molecule has 0 amide bonds. The van der Waals surface area contributed by atoms with Crippen LogP contribution < -0.4 is 5.32 Å². The smallest absolute Gasteiger partial charge is 0.345 e. The molecule has 0 saturated carbocycles. The summed E-state index contributed by atoms with van der Waals surface area (Å²) >= 11 is 2.73. The standard InChI is InChI=1S/C10H11N3O2S2/c1-2-7(8-4-3-5-16-8)12-10-11-6-9(17-10)13(14)15/h3-7H,2H2,1H3,(H,11,12)/t7-/m0/s1. The molecule has 0 aliphatic heterocycles. The number of thiophene rings is 1. The minimum Gasteiger partial charge on any atom is -0.354 e. The van der Waals surface area contributed by atoms with Crippen molar-refractivity contribution < 1.29 is 4.92 Å². The van der Waals surface area contributed by atoms with Crippen LogP contribution in [0, 0.1) is 10.1 Å². The van der Waals surface area contributed by atoms with Gasteiger partial charge in [-0.2, -0.15) is 0 Å². The van der Waals surface area contributed by atoms with E-state index in [1.165, 1.54) is 11.1 Å². The van der Waals surface area contributed by atoms with Gasteiger partial charge in [-0.25, -0.2) is 4.98 Å². The first-order valence-electron chi connectivity index (χ1n) is 5.11. The van der Waals surface area contributed by atoms with Gasteiger partial charge in [0, 0.05) is 4.88 Å². The fraction of sp³-hybridized carbons (Fsp3) is 0.300. The summed E-state index contributed by atoms with van der Waals surface area (Å²) in [5, 5.41) is 16.4. The molecule has 0 radical (unpaired) electrons. The van der Waals surface area contributed by atoms with Crippen molar-refractivity contribution in [1.29, 1.82) is 0 Å². The molecule has 0 aromatic carbocycles. The van der Waals surface area contributed by atoms with Gasteiger partial charge in [-0.15, -0.1) is 11.3 Å². The van der Waals surface area contributed by atoms with E-state index >= 15 is 0 Å². The van der Waals surface area contributed by atoms with Crippen LogP contribution in [0.15, 0.2) is 23.7 Å². The highest BCUT2D eigenvalue weighted by Gasteiger charge is 2.15. The van der Waals surface area contributed by atoms with Gasteiger partial charge in [0.1, 0.15) is 6.20 Å². The maximum atomic E-state index is 10.5. The summed E-state index contributed by atoms with van der Waals surface area (Å²) in [6.07, 6.45) is 2.20. The number of nitro groups is 1. The monoisotopic (exact) mass is 269 g/mol. The second-order valence-electron chi connectivity index (χ2n) is 3.38. The predicted octanol–water partition coefficient (Wildman–Crippen LogP) is 3.68. The van der Waals surface area contributed by atoms with Crippen LogP contribution in [0.1, 0.15) is 24.3 Å². The second-order valence-corrected chi connectivity index (χ2v) is 5.37. The van der Waals surface area contributed by atoms with Gasteiger partial charge < -0.3 is 5.32 Å². The van der Waals surface area contributed by atoms with Crippen LogP contribution in [0.4, 0.5) is 10.1 Å². The van der Waals surface area contributed by atoms with E-state index in [1.54, 1.807) is 11.3 Å². The lowest BCUT2D eigenvalue weighted by Gasteiger charge is -2.13. The van der Waals surface area contributed by atoms with Crippen molar-refractivity contribution >= 4 is 32.8 Å². The minimum atomic E-state index is -0.422. The van der Waals surface area contributed by atoms with Crippen molar-refractivity contribution in [2.24, 2.45) is 0 Å². The third-order valence-corrected chi connectivity index (χ3v) is 4.13. The highest BCUT2D eigenvalue weighted by atomic mass is 32.1. The molecule has 0 aliphatic carbocycles. The van der Waals surface area contributed by atoms with Crippen molar-refractivity contribution in [3.8, 4) is 0 Å². The summed E-state index contributed by atoms with van der Waals surface area (Å²) in [5.41, 5.74) is 0. The number of nitrogens with zero attached hydrogens (tertiary/aromatic N) is 2. The Kier molecular flexibility index (Phi) is 3.70. The Morgan fingerprint density at radius 2 is 2.47 bits per heavy atom. The first-order valence-corrected chi connectivity index (χ1v) is 6.80. The van der Waals surface area contributed by atoms with Crippen molar-refractivity contribution in [1.82, 2.24) is 4.98 Å². The molecule has 0 spiro atoms. The number of hydrogen-bond donors (Lipinski definition) is 1. The van der Waals surface area contributed by atoms with E-state index in [9.17, 15) is 10.1 Å². The lowest BCUT2D eigenvalue weighted by molar-refractivity contribution is -0.380. The van der Waals surface area contributed by atoms with E-state index in [0.717, 1.165) is 17.8 Å². The molecule has 0 aliphatic rings. The summed E-state index contributed by atoms with van der Waals surface area (Å²) in [4.78, 5) is 15.3. The number of anilines is 1. The van der Waals surface area contributed by atoms with Crippen LogP contribution in [-0.4, -0.2) is 9.91 Å². The zero-order valence-electron chi connectivity index (χ0n) is 9.12. The topological polar surface area (TPSA) is 68.1 Å². The van der Waals surface area contributed by atoms with E-state index < -0.39 is 4.92 Å². The molecule has 2 aromatic heterocycles. The van der Waals surface area contributed by atoms with Gasteiger partial charge in [-0.05, 0) is 29.2 Å². The fourth-order valence-electron chi connectivity index (χ4n) is 1.43. The van der Waals surface area contributed by atoms with Gasteiger partial charge in [0.15, 0.2) is 5.13 Å². The quantitative estimate of drug-likeness (QED) is 0.664. The number of nitrogens with one attached hydrogen (secondary N) is 1. The zero-order chi connectivity index (χ0) is 12.3. The van der Waals surface area contributed by atoms with Crippen LogP contribution in [0.25, 0.3) is 0 Å². The molecule has 0 unspecified atom stereocenters. The highest BCUT2D eigenvalue weighted by molar-refractivity contribution is 7.18. The summed E-state index contributed by atoms with van der Waals surface area (Å²) in [7, 11) is 0. The van der Waals surface area contributed by atoms with Gasteiger partial charge in [0.25, 0.3) is 0 Å². The number of hydrogen-bond acceptors (Lipinski definition) is 6. The highest BCUT2D eigenvalue weighted by Crippen LogP contribution is 2.30. The average Bonchev–Trinajstić information content (AvgIpc) is 2.96. The Bertz CT molecular complexity index is 495. The normalized spacial score (nSPS) is 12.3. The maximum Gasteiger partial charge on any atom is 0.345 e. The van der Waals surface area contributed by atoms with E-state index in [4.69, 9.17) is 0 Å². The predicted molar refractivity (Wildman–Crippen MR) is 69.7 cm³/mol. The lowest BCUT2D eigenvalue weighted by Crippen LogP contribution is -2.07. The van der Waals surface area contributed by atoms with Gasteiger partial charge in [-0.1, -0.05) is 13.0 Å². The molecular formula is C10H11N3O2S2. The summed E-state index contributed by atoms with van der Waals surface area (Å²) in [6, 6.07) is 4.21. The van der Waals surface area contributed by atoms with Crippen LogP contribution in [0.3, 0.4) is 0 Å². The first-order chi connectivity index (χ1) is 8.20. The van der Waals surface area contributed by atoms with Crippen molar-refractivity contribution in [3.63, 3.8) is 0 Å². The Morgan fingerprint density at radius 3 is 3.00 bits per heavy atom. The summed E-state index contributed by atoms with van der Waals surface area (Å²) < 4.78 is 0. The molecule has 1 atom stereocenters. The molecule has 0 bridgehead atoms. The molecule has 90 valence electrons. The van der Waals surface area contributed by atoms with Gasteiger partial charge in [0.05, 0.1) is 11.0 Å². The lowest BCUT2D eigenvalue weighted by atomic mass is 10.2. The Balaban J connectivity index is 2.10. The fourth-order valence-corrected chi connectivity index (χ4v) is 2.98. The summed E-state index contributed by atoms with van der Waals surface area (Å²) in [5.74, 6) is 0. The van der Waals surface area contributed by atoms with E-state index in [1.807, 2.05) is 17.5 Å². The van der Waals surface area contributed by atoms with Gasteiger partial charge in [-0.3, -0.25) is 10.1 Å². The van der Waals surface area contributed by atoms with E-state index in [2.05, 4.69) is 17.2 Å². The SMILES string of the molecule is CC[C@H](Nc1ncc([N+](=O)[O-])s1)c1cccs1. The van der Waals surface area contributed by atoms with Crippen LogP contribution in [-0.2, 0) is 0 Å². The number of thiazole rings is 1.